The van der Waals surface area contributed by atoms with Crippen molar-refractivity contribution in [3.8, 4) is 0 Å². The molecule has 1 amide bonds. The lowest BCUT2D eigenvalue weighted by molar-refractivity contribution is -0.149. The molecule has 114 valence electrons. The Morgan fingerprint density at radius 2 is 1.90 bits per heavy atom. The van der Waals surface area contributed by atoms with E-state index in [4.69, 9.17) is 5.11 Å². The molecular formula is C17H23NO3. The maximum Gasteiger partial charge on any atom is 0.319 e. The van der Waals surface area contributed by atoms with Crippen molar-refractivity contribution in [2.75, 3.05) is 0 Å². The van der Waals surface area contributed by atoms with E-state index in [-0.39, 0.29) is 11.9 Å². The Balaban J connectivity index is 1.90. The van der Waals surface area contributed by atoms with E-state index in [1.165, 1.54) is 5.56 Å². The molecule has 1 saturated carbocycles. The first-order valence-corrected chi connectivity index (χ1v) is 7.67. The second kappa shape index (κ2) is 6.74. The minimum absolute atomic E-state index is 0.0551. The van der Waals surface area contributed by atoms with E-state index in [0.717, 1.165) is 25.7 Å². The van der Waals surface area contributed by atoms with Crippen LogP contribution in [-0.4, -0.2) is 23.0 Å². The normalized spacial score (nSPS) is 17.0. The molecule has 1 aliphatic rings. The number of aryl methyl sites for hydroxylation is 1. The van der Waals surface area contributed by atoms with Gasteiger partial charge in [0, 0.05) is 6.04 Å². The van der Waals surface area contributed by atoms with Gasteiger partial charge in [-0.3, -0.25) is 9.59 Å². The van der Waals surface area contributed by atoms with E-state index in [2.05, 4.69) is 24.4 Å². The van der Waals surface area contributed by atoms with Crippen LogP contribution in [0.1, 0.15) is 44.6 Å². The van der Waals surface area contributed by atoms with E-state index in [1.54, 1.807) is 0 Å². The maximum absolute atomic E-state index is 12.2. The zero-order chi connectivity index (χ0) is 15.3. The van der Waals surface area contributed by atoms with Crippen molar-refractivity contribution in [1.82, 2.24) is 5.32 Å². The highest BCUT2D eigenvalue weighted by molar-refractivity contribution is 6.04. The summed E-state index contributed by atoms with van der Waals surface area (Å²) in [5, 5.41) is 12.1. The molecule has 2 N–H and O–H groups in total. The van der Waals surface area contributed by atoms with Gasteiger partial charge in [0.1, 0.15) is 5.41 Å². The Morgan fingerprint density at radius 3 is 2.43 bits per heavy atom. The third-order valence-corrected chi connectivity index (χ3v) is 4.19. The van der Waals surface area contributed by atoms with Crippen molar-refractivity contribution in [1.29, 1.82) is 0 Å². The molecular weight excluding hydrogens is 266 g/mol. The number of hydrogen-bond donors (Lipinski definition) is 2. The second-order valence-corrected chi connectivity index (χ2v) is 5.87. The first-order chi connectivity index (χ1) is 10.1. The minimum Gasteiger partial charge on any atom is -0.480 e. The van der Waals surface area contributed by atoms with Crippen molar-refractivity contribution in [2.45, 2.75) is 51.5 Å². The fraction of sp³-hybridized carbons (Fsp3) is 0.529. The Hall–Kier alpha value is -1.84. The van der Waals surface area contributed by atoms with Crippen molar-refractivity contribution in [2.24, 2.45) is 5.41 Å². The summed E-state index contributed by atoms with van der Waals surface area (Å²) in [5.74, 6) is -1.29. The number of carboxylic acid groups (broad SMARTS) is 1. The molecule has 0 aromatic heterocycles. The van der Waals surface area contributed by atoms with Gasteiger partial charge < -0.3 is 10.4 Å². The molecule has 0 saturated heterocycles. The number of aliphatic carboxylic acids is 1. The fourth-order valence-corrected chi connectivity index (χ4v) is 2.61. The van der Waals surface area contributed by atoms with Gasteiger partial charge in [-0.2, -0.15) is 0 Å². The molecule has 0 aliphatic heterocycles. The molecule has 0 radical (unpaired) electrons. The summed E-state index contributed by atoms with van der Waals surface area (Å²) in [6.07, 6.45) is 4.52. The molecule has 0 bridgehead atoms. The van der Waals surface area contributed by atoms with Gasteiger partial charge in [-0.05, 0) is 37.7 Å². The Bertz CT molecular complexity index is 494. The summed E-state index contributed by atoms with van der Waals surface area (Å²) in [7, 11) is 0. The average molecular weight is 289 g/mol. The highest BCUT2D eigenvalue weighted by Crippen LogP contribution is 2.46. The van der Waals surface area contributed by atoms with Crippen molar-refractivity contribution in [3.63, 3.8) is 0 Å². The van der Waals surface area contributed by atoms with E-state index >= 15 is 0 Å². The molecule has 1 aromatic carbocycles. The molecule has 1 aromatic rings. The second-order valence-electron chi connectivity index (χ2n) is 5.87. The van der Waals surface area contributed by atoms with Gasteiger partial charge in [-0.1, -0.05) is 43.7 Å². The average Bonchev–Trinajstić information content (AvgIpc) is 3.28. The van der Waals surface area contributed by atoms with E-state index in [0.29, 0.717) is 12.8 Å². The lowest BCUT2D eigenvalue weighted by Crippen LogP contribution is -2.43. The van der Waals surface area contributed by atoms with Crippen LogP contribution in [0.2, 0.25) is 0 Å². The smallest absolute Gasteiger partial charge is 0.319 e. The number of carbonyl (C=O) groups excluding carboxylic acids is 1. The molecule has 1 fully saturated rings. The van der Waals surface area contributed by atoms with Gasteiger partial charge in [-0.25, -0.2) is 0 Å². The summed E-state index contributed by atoms with van der Waals surface area (Å²) >= 11 is 0. The van der Waals surface area contributed by atoms with Crippen LogP contribution in [0.15, 0.2) is 30.3 Å². The highest BCUT2D eigenvalue weighted by Gasteiger charge is 2.57. The maximum atomic E-state index is 12.2. The predicted molar refractivity (Wildman–Crippen MR) is 80.9 cm³/mol. The Morgan fingerprint density at radius 1 is 1.24 bits per heavy atom. The third kappa shape index (κ3) is 3.84. The summed E-state index contributed by atoms with van der Waals surface area (Å²) in [4.78, 5) is 23.4. The lowest BCUT2D eigenvalue weighted by Gasteiger charge is -2.20. The lowest BCUT2D eigenvalue weighted by atomic mass is 10.00. The van der Waals surface area contributed by atoms with Gasteiger partial charge in [0.25, 0.3) is 0 Å². The van der Waals surface area contributed by atoms with Crippen molar-refractivity contribution < 1.29 is 14.7 Å². The van der Waals surface area contributed by atoms with E-state index in [9.17, 15) is 9.59 Å². The van der Waals surface area contributed by atoms with Gasteiger partial charge in [0.2, 0.25) is 5.91 Å². The monoisotopic (exact) mass is 289 g/mol. The van der Waals surface area contributed by atoms with Crippen LogP contribution in [0, 0.1) is 5.41 Å². The molecule has 21 heavy (non-hydrogen) atoms. The number of amides is 1. The fourth-order valence-electron chi connectivity index (χ4n) is 2.61. The van der Waals surface area contributed by atoms with Crippen molar-refractivity contribution in [3.05, 3.63) is 35.9 Å². The largest absolute Gasteiger partial charge is 0.480 e. The number of nitrogens with one attached hydrogen (secondary N) is 1. The summed E-state index contributed by atoms with van der Waals surface area (Å²) in [6.45, 7) is 2.08. The molecule has 4 nitrogen and oxygen atoms in total. The van der Waals surface area contributed by atoms with Gasteiger partial charge >= 0.3 is 5.97 Å². The zero-order valence-corrected chi connectivity index (χ0v) is 12.5. The van der Waals surface area contributed by atoms with Gasteiger partial charge in [-0.15, -0.1) is 0 Å². The molecule has 1 unspecified atom stereocenters. The topological polar surface area (TPSA) is 66.4 Å². The first-order valence-electron chi connectivity index (χ1n) is 7.67. The number of carboxylic acids is 1. The van der Waals surface area contributed by atoms with Crippen LogP contribution in [0.4, 0.5) is 0 Å². The molecule has 0 heterocycles. The predicted octanol–water partition coefficient (Wildman–Crippen LogP) is 2.77. The molecule has 0 spiro atoms. The molecule has 1 atom stereocenters. The van der Waals surface area contributed by atoms with Crippen LogP contribution >= 0.6 is 0 Å². The quantitative estimate of drug-likeness (QED) is 0.723. The summed E-state index contributed by atoms with van der Waals surface area (Å²) in [6, 6.07) is 10.2. The Kier molecular flexibility index (Phi) is 4.99. The molecule has 1 aliphatic carbocycles. The van der Waals surface area contributed by atoms with Crippen LogP contribution in [-0.2, 0) is 16.0 Å². The van der Waals surface area contributed by atoms with Crippen molar-refractivity contribution >= 4 is 11.9 Å². The molecule has 2 rings (SSSR count). The zero-order valence-electron chi connectivity index (χ0n) is 12.5. The summed E-state index contributed by atoms with van der Waals surface area (Å²) in [5.41, 5.74) is 0.103. The number of hydrogen-bond acceptors (Lipinski definition) is 2. The van der Waals surface area contributed by atoms with E-state index < -0.39 is 11.4 Å². The SMILES string of the molecule is CCCC(CCc1ccccc1)NC(=O)C1(C(=O)O)CC1. The van der Waals surface area contributed by atoms with Crippen LogP contribution in [0.3, 0.4) is 0 Å². The third-order valence-electron chi connectivity index (χ3n) is 4.19. The van der Waals surface area contributed by atoms with Gasteiger partial charge in [0.05, 0.1) is 0 Å². The first kappa shape index (κ1) is 15.5. The highest BCUT2D eigenvalue weighted by atomic mass is 16.4. The van der Waals surface area contributed by atoms with Crippen LogP contribution < -0.4 is 5.32 Å². The number of rotatable bonds is 8. The van der Waals surface area contributed by atoms with Crippen LogP contribution in [0.25, 0.3) is 0 Å². The Labute approximate surface area is 125 Å². The molecule has 4 heteroatoms. The van der Waals surface area contributed by atoms with Crippen LogP contribution in [0.5, 0.6) is 0 Å². The standard InChI is InChI=1S/C17H23NO3/c1-2-6-14(10-9-13-7-4-3-5-8-13)18-15(19)17(11-12-17)16(20)21/h3-5,7-8,14H,2,6,9-12H2,1H3,(H,18,19)(H,20,21). The summed E-state index contributed by atoms with van der Waals surface area (Å²) < 4.78 is 0. The number of carbonyl (C=O) groups is 2. The van der Waals surface area contributed by atoms with Gasteiger partial charge in [0.15, 0.2) is 0 Å². The minimum atomic E-state index is -1.14. The van der Waals surface area contributed by atoms with E-state index in [1.807, 2.05) is 18.2 Å². The number of benzene rings is 1.